The van der Waals surface area contributed by atoms with Crippen molar-refractivity contribution in [2.75, 3.05) is 5.75 Å². The van der Waals surface area contributed by atoms with E-state index in [2.05, 4.69) is 29.3 Å². The van der Waals surface area contributed by atoms with Gasteiger partial charge in [0.1, 0.15) is 6.04 Å². The van der Waals surface area contributed by atoms with E-state index in [0.29, 0.717) is 13.0 Å². The highest BCUT2D eigenvalue weighted by Gasteiger charge is 2.20. The summed E-state index contributed by atoms with van der Waals surface area (Å²) in [7, 11) is 0. The summed E-state index contributed by atoms with van der Waals surface area (Å²) in [6.45, 7) is 0.421. The third-order valence-electron chi connectivity index (χ3n) is 4.36. The van der Waals surface area contributed by atoms with Gasteiger partial charge in [-0.25, -0.2) is 0 Å². The zero-order valence-electron chi connectivity index (χ0n) is 14.9. The van der Waals surface area contributed by atoms with Crippen molar-refractivity contribution < 1.29 is 9.59 Å². The second-order valence-corrected chi connectivity index (χ2v) is 6.68. The second-order valence-electron chi connectivity index (χ2n) is 6.37. The van der Waals surface area contributed by atoms with Crippen molar-refractivity contribution in [1.29, 1.82) is 0 Å². The van der Waals surface area contributed by atoms with E-state index >= 15 is 0 Å². The molecule has 0 spiro atoms. The van der Waals surface area contributed by atoms with E-state index in [1.807, 2.05) is 66.7 Å². The van der Waals surface area contributed by atoms with Crippen LogP contribution in [0.2, 0.25) is 0 Å². The van der Waals surface area contributed by atoms with Gasteiger partial charge in [-0.1, -0.05) is 72.8 Å². The largest absolute Gasteiger partial charge is 0.350 e. The van der Waals surface area contributed by atoms with Gasteiger partial charge in [0, 0.05) is 13.0 Å². The van der Waals surface area contributed by atoms with Crippen LogP contribution in [0.3, 0.4) is 0 Å². The molecule has 1 unspecified atom stereocenters. The van der Waals surface area contributed by atoms with Crippen LogP contribution in [0.5, 0.6) is 0 Å². The molecule has 0 heterocycles. The molecule has 2 amide bonds. The van der Waals surface area contributed by atoms with Crippen LogP contribution in [0.4, 0.5) is 0 Å². The van der Waals surface area contributed by atoms with E-state index in [4.69, 9.17) is 0 Å². The van der Waals surface area contributed by atoms with Gasteiger partial charge < -0.3 is 10.6 Å². The van der Waals surface area contributed by atoms with Crippen LogP contribution in [0.25, 0.3) is 10.8 Å². The fraction of sp³-hybridized carbons (Fsp3) is 0.182. The van der Waals surface area contributed by atoms with Gasteiger partial charge in [-0.2, -0.15) is 12.6 Å². The van der Waals surface area contributed by atoms with Gasteiger partial charge >= 0.3 is 0 Å². The third-order valence-corrected chi connectivity index (χ3v) is 4.65. The van der Waals surface area contributed by atoms with E-state index in [-0.39, 0.29) is 17.6 Å². The minimum atomic E-state index is -0.644. The predicted octanol–water partition coefficient (Wildman–Crippen LogP) is 3.11. The smallest absolute Gasteiger partial charge is 0.243 e. The number of hydrogen-bond acceptors (Lipinski definition) is 3. The lowest BCUT2D eigenvalue weighted by atomic mass is 10.0. The van der Waals surface area contributed by atoms with E-state index in [9.17, 15) is 9.59 Å². The zero-order chi connectivity index (χ0) is 19.1. The number of nitrogens with one attached hydrogen (secondary N) is 2. The maximum atomic E-state index is 12.7. The molecule has 27 heavy (non-hydrogen) atoms. The molecule has 0 saturated carbocycles. The Balaban J connectivity index is 1.73. The van der Waals surface area contributed by atoms with E-state index in [1.165, 1.54) is 0 Å². The van der Waals surface area contributed by atoms with Crippen molar-refractivity contribution in [1.82, 2.24) is 10.6 Å². The number of amides is 2. The number of benzene rings is 3. The van der Waals surface area contributed by atoms with Crippen molar-refractivity contribution in [2.24, 2.45) is 0 Å². The summed E-state index contributed by atoms with van der Waals surface area (Å²) in [5.41, 5.74) is 2.00. The second kappa shape index (κ2) is 9.24. The molecule has 0 aliphatic carbocycles. The Morgan fingerprint density at radius 1 is 0.852 bits per heavy atom. The van der Waals surface area contributed by atoms with Crippen molar-refractivity contribution in [2.45, 2.75) is 19.0 Å². The maximum absolute atomic E-state index is 12.7. The molecule has 0 saturated heterocycles. The minimum absolute atomic E-state index is 0.0419. The Morgan fingerprint density at radius 2 is 1.56 bits per heavy atom. The van der Waals surface area contributed by atoms with Gasteiger partial charge in [0.15, 0.2) is 0 Å². The Morgan fingerprint density at radius 3 is 2.30 bits per heavy atom. The number of hydrogen-bond donors (Lipinski definition) is 3. The summed E-state index contributed by atoms with van der Waals surface area (Å²) in [6.07, 6.45) is 0.422. The third kappa shape index (κ3) is 5.34. The summed E-state index contributed by atoms with van der Waals surface area (Å²) in [5.74, 6) is -0.429. The van der Waals surface area contributed by atoms with Crippen LogP contribution in [0.1, 0.15) is 11.1 Å². The van der Waals surface area contributed by atoms with Crippen LogP contribution in [0, 0.1) is 0 Å². The van der Waals surface area contributed by atoms with Gasteiger partial charge in [-0.05, 0) is 21.9 Å². The van der Waals surface area contributed by atoms with Gasteiger partial charge in [0.2, 0.25) is 11.8 Å². The van der Waals surface area contributed by atoms with E-state index < -0.39 is 6.04 Å². The molecule has 3 aromatic carbocycles. The molecular formula is C22H22N2O2S. The number of rotatable bonds is 7. The maximum Gasteiger partial charge on any atom is 0.243 e. The van der Waals surface area contributed by atoms with Crippen molar-refractivity contribution in [3.8, 4) is 0 Å². The lowest BCUT2D eigenvalue weighted by Gasteiger charge is -2.18. The van der Waals surface area contributed by atoms with Crippen LogP contribution in [0.15, 0.2) is 72.8 Å². The highest BCUT2D eigenvalue weighted by Crippen LogP contribution is 2.17. The number of fused-ring (bicyclic) bond motifs is 1. The Hall–Kier alpha value is -2.79. The Bertz CT molecular complexity index is 928. The topological polar surface area (TPSA) is 58.2 Å². The Kier molecular flexibility index (Phi) is 6.49. The van der Waals surface area contributed by atoms with Gasteiger partial charge in [-0.3, -0.25) is 9.59 Å². The number of carbonyl (C=O) groups is 2. The van der Waals surface area contributed by atoms with Gasteiger partial charge in [0.25, 0.3) is 0 Å². The molecule has 0 aliphatic heterocycles. The summed E-state index contributed by atoms with van der Waals surface area (Å²) in [5, 5.41) is 7.93. The predicted molar refractivity (Wildman–Crippen MR) is 112 cm³/mol. The summed E-state index contributed by atoms with van der Waals surface area (Å²) >= 11 is 4.00. The molecule has 0 bridgehead atoms. The fourth-order valence-electron chi connectivity index (χ4n) is 2.96. The first kappa shape index (κ1) is 19.0. The molecule has 1 atom stereocenters. The summed E-state index contributed by atoms with van der Waals surface area (Å²) in [4.78, 5) is 24.5. The first-order valence-electron chi connectivity index (χ1n) is 8.85. The highest BCUT2D eigenvalue weighted by molar-refractivity contribution is 7.81. The Labute approximate surface area is 164 Å². The molecule has 3 aromatic rings. The summed E-state index contributed by atoms with van der Waals surface area (Å²) in [6, 6.07) is 23.2. The van der Waals surface area contributed by atoms with E-state index in [1.54, 1.807) is 0 Å². The van der Waals surface area contributed by atoms with Crippen LogP contribution in [-0.4, -0.2) is 23.6 Å². The van der Waals surface area contributed by atoms with E-state index in [0.717, 1.165) is 21.9 Å². The first-order valence-corrected chi connectivity index (χ1v) is 9.48. The molecule has 2 N–H and O–H groups in total. The number of carbonyl (C=O) groups excluding carboxylic acids is 2. The molecule has 0 aliphatic rings. The zero-order valence-corrected chi connectivity index (χ0v) is 15.8. The molecule has 0 fully saturated rings. The fourth-order valence-corrected chi connectivity index (χ4v) is 3.05. The standard InChI is InChI=1S/C22H22N2O2S/c25-21(15-27)24-20(22(26)23-14-16-6-2-1-3-7-16)13-17-10-11-18-8-4-5-9-19(18)12-17/h1-12,20,27H,13-15H2,(H,23,26)(H,24,25). The molecule has 138 valence electrons. The quantitative estimate of drug-likeness (QED) is 0.553. The lowest BCUT2D eigenvalue weighted by Crippen LogP contribution is -2.48. The average molecular weight is 378 g/mol. The summed E-state index contributed by atoms with van der Waals surface area (Å²) < 4.78 is 0. The molecule has 0 aromatic heterocycles. The normalized spacial score (nSPS) is 11.7. The van der Waals surface area contributed by atoms with Crippen molar-refractivity contribution >= 4 is 35.2 Å². The average Bonchev–Trinajstić information content (AvgIpc) is 2.72. The number of thiol groups is 1. The SMILES string of the molecule is O=C(CS)NC(Cc1ccc2ccccc2c1)C(=O)NCc1ccccc1. The molecule has 5 heteroatoms. The van der Waals surface area contributed by atoms with Crippen LogP contribution < -0.4 is 10.6 Å². The van der Waals surface area contributed by atoms with Crippen molar-refractivity contribution in [3.63, 3.8) is 0 Å². The van der Waals surface area contributed by atoms with Gasteiger partial charge in [0.05, 0.1) is 5.75 Å². The van der Waals surface area contributed by atoms with Crippen LogP contribution >= 0.6 is 12.6 Å². The molecule has 0 radical (unpaired) electrons. The van der Waals surface area contributed by atoms with Crippen molar-refractivity contribution in [3.05, 3.63) is 83.9 Å². The molecule has 3 rings (SSSR count). The molecular weight excluding hydrogens is 356 g/mol. The van der Waals surface area contributed by atoms with Gasteiger partial charge in [-0.15, -0.1) is 0 Å². The highest BCUT2D eigenvalue weighted by atomic mass is 32.1. The van der Waals surface area contributed by atoms with Crippen LogP contribution in [-0.2, 0) is 22.6 Å². The molecule has 4 nitrogen and oxygen atoms in total. The minimum Gasteiger partial charge on any atom is -0.350 e. The lowest BCUT2D eigenvalue weighted by molar-refractivity contribution is -0.128. The monoisotopic (exact) mass is 378 g/mol. The first-order chi connectivity index (χ1) is 13.2.